The second-order valence-electron chi connectivity index (χ2n) is 6.51. The summed E-state index contributed by atoms with van der Waals surface area (Å²) in [5, 5.41) is 9.71. The molecule has 0 aromatic heterocycles. The fraction of sp³-hybridized carbons (Fsp3) is 0.917. The highest BCUT2D eigenvalue weighted by Gasteiger charge is 3.11. The first-order valence-corrected chi connectivity index (χ1v) is 7.13. The van der Waals surface area contributed by atoms with Crippen LogP contribution in [0.3, 0.4) is 0 Å². The number of alkyl halides is 1. The molecule has 1 saturated heterocycles. The molecular formula is C12H11BrO4. The van der Waals surface area contributed by atoms with Gasteiger partial charge in [0, 0.05) is 5.92 Å². The largest absolute Gasteiger partial charge is 0.481 e. The van der Waals surface area contributed by atoms with Crippen molar-refractivity contribution in [2.24, 2.45) is 40.9 Å². The molecule has 4 nitrogen and oxygen atoms in total. The molecule has 0 aromatic rings. The molecule has 0 amide bonds. The van der Waals surface area contributed by atoms with E-state index in [0.29, 0.717) is 48.7 Å². The van der Waals surface area contributed by atoms with E-state index in [4.69, 9.17) is 9.47 Å². The van der Waals surface area contributed by atoms with Gasteiger partial charge in [-0.15, -0.1) is 0 Å². The highest BCUT2D eigenvalue weighted by molar-refractivity contribution is 9.10. The van der Waals surface area contributed by atoms with Crippen LogP contribution in [0.4, 0.5) is 0 Å². The maximum atomic E-state index is 11.8. The molecule has 1 N–H and O–H groups in total. The van der Waals surface area contributed by atoms with Gasteiger partial charge >= 0.3 is 5.97 Å². The van der Waals surface area contributed by atoms with Crippen LogP contribution in [-0.2, 0) is 14.3 Å². The van der Waals surface area contributed by atoms with Crippen LogP contribution >= 0.6 is 15.9 Å². The van der Waals surface area contributed by atoms with Crippen molar-refractivity contribution in [3.05, 3.63) is 0 Å². The molecule has 7 fully saturated rings. The minimum atomic E-state index is -0.629. The molecule has 1 aliphatic heterocycles. The molecule has 7 rings (SSSR count). The summed E-state index contributed by atoms with van der Waals surface area (Å²) in [6.45, 7) is 1.22. The van der Waals surface area contributed by atoms with Gasteiger partial charge in [-0.2, -0.15) is 0 Å². The molecule has 6 saturated carbocycles. The first-order chi connectivity index (χ1) is 8.14. The summed E-state index contributed by atoms with van der Waals surface area (Å²) in [6.07, 6.45) is 0. The van der Waals surface area contributed by atoms with Crippen LogP contribution in [0, 0.1) is 40.9 Å². The molecule has 1 heterocycles. The third kappa shape index (κ3) is 0.424. The lowest BCUT2D eigenvalue weighted by Crippen LogP contribution is -2.94. The lowest BCUT2D eigenvalue weighted by molar-refractivity contribution is -0.410. The zero-order valence-corrected chi connectivity index (χ0v) is 10.5. The SMILES string of the molecule is O=C(O)[C@]12[C@H]3[C@H]4[C@H]5[C@H]3C3(OCCO3)[C@]1(Br)[C@H]5[C@H]42. The van der Waals surface area contributed by atoms with Crippen LogP contribution in [0.15, 0.2) is 0 Å². The van der Waals surface area contributed by atoms with Crippen molar-refractivity contribution >= 4 is 21.9 Å². The Balaban J connectivity index is 1.66. The number of hydrogen-bond donors (Lipinski definition) is 1. The Kier molecular flexibility index (Phi) is 0.998. The van der Waals surface area contributed by atoms with Gasteiger partial charge in [-0.05, 0) is 29.6 Å². The minimum Gasteiger partial charge on any atom is -0.481 e. The van der Waals surface area contributed by atoms with Crippen molar-refractivity contribution in [2.45, 2.75) is 10.1 Å². The lowest BCUT2D eigenvalue weighted by atomic mass is 9.14. The van der Waals surface area contributed by atoms with Crippen molar-refractivity contribution in [3.63, 3.8) is 0 Å². The summed E-state index contributed by atoms with van der Waals surface area (Å²) in [6, 6.07) is 0. The Bertz CT molecular complexity index is 515. The van der Waals surface area contributed by atoms with Gasteiger partial charge in [-0.3, -0.25) is 4.79 Å². The number of rotatable bonds is 1. The Hall–Kier alpha value is -0.130. The maximum absolute atomic E-state index is 11.8. The van der Waals surface area contributed by atoms with Crippen molar-refractivity contribution in [3.8, 4) is 0 Å². The third-order valence-electron chi connectivity index (χ3n) is 7.01. The van der Waals surface area contributed by atoms with Crippen LogP contribution in [0.1, 0.15) is 0 Å². The van der Waals surface area contributed by atoms with E-state index in [1.807, 2.05) is 0 Å². The van der Waals surface area contributed by atoms with Crippen molar-refractivity contribution in [1.82, 2.24) is 0 Å². The molecule has 0 aromatic carbocycles. The third-order valence-corrected chi connectivity index (χ3v) is 8.74. The van der Waals surface area contributed by atoms with E-state index in [2.05, 4.69) is 15.9 Å². The second kappa shape index (κ2) is 1.91. The molecule has 6 aliphatic carbocycles. The van der Waals surface area contributed by atoms with Crippen LogP contribution in [0.2, 0.25) is 0 Å². The van der Waals surface area contributed by atoms with Gasteiger partial charge in [0.15, 0.2) is 5.79 Å². The Labute approximate surface area is 106 Å². The van der Waals surface area contributed by atoms with Crippen molar-refractivity contribution < 1.29 is 19.4 Å². The zero-order valence-electron chi connectivity index (χ0n) is 8.93. The number of hydrogen-bond acceptors (Lipinski definition) is 3. The van der Waals surface area contributed by atoms with Gasteiger partial charge < -0.3 is 14.6 Å². The molecule has 90 valence electrons. The van der Waals surface area contributed by atoms with Gasteiger partial charge in [0.1, 0.15) is 0 Å². The van der Waals surface area contributed by atoms with E-state index in [-0.39, 0.29) is 0 Å². The summed E-state index contributed by atoms with van der Waals surface area (Å²) in [4.78, 5) is 11.8. The fourth-order valence-electron chi connectivity index (χ4n) is 7.05. The number of halogens is 1. The van der Waals surface area contributed by atoms with Crippen LogP contribution in [0.25, 0.3) is 0 Å². The maximum Gasteiger partial charge on any atom is 0.311 e. The zero-order chi connectivity index (χ0) is 11.4. The molecule has 17 heavy (non-hydrogen) atoms. The number of carboxylic acids is 1. The van der Waals surface area contributed by atoms with Crippen molar-refractivity contribution in [1.29, 1.82) is 0 Å². The number of ether oxygens (including phenoxy) is 2. The lowest BCUT2D eigenvalue weighted by Gasteiger charge is -2.89. The van der Waals surface area contributed by atoms with E-state index in [1.54, 1.807) is 0 Å². The molecule has 1 spiro atoms. The standard InChI is InChI=1S/C12H11BrO4/c13-11-7-4-3-5(7)10(11,9(14)15)6(3)8(4)12(11)16-1-2-17-12/h3-8H,1-2H2,(H,14,15)/t3-,4+,5-,6-,7+,8+,10-,11-/m0/s1. The Morgan fingerprint density at radius 2 is 1.71 bits per heavy atom. The number of carbonyl (C=O) groups is 1. The second-order valence-corrected chi connectivity index (χ2v) is 7.76. The number of carboxylic acid groups (broad SMARTS) is 1. The molecule has 0 unspecified atom stereocenters. The molecule has 5 heteroatoms. The minimum absolute atomic E-state index is 0.317. The van der Waals surface area contributed by atoms with E-state index < -0.39 is 21.5 Å². The Morgan fingerprint density at radius 3 is 2.29 bits per heavy atom. The summed E-state index contributed by atoms with van der Waals surface area (Å²) in [5.41, 5.74) is -0.563. The fourth-order valence-corrected chi connectivity index (χ4v) is 8.83. The average Bonchev–Trinajstić information content (AvgIpc) is 2.76. The van der Waals surface area contributed by atoms with Gasteiger partial charge in [0.05, 0.1) is 23.0 Å². The molecule has 0 radical (unpaired) electrons. The molecule has 8 atom stereocenters. The van der Waals surface area contributed by atoms with Crippen LogP contribution in [-0.4, -0.2) is 34.4 Å². The highest BCUT2D eigenvalue weighted by atomic mass is 79.9. The summed E-state index contributed by atoms with van der Waals surface area (Å²) in [7, 11) is 0. The monoisotopic (exact) mass is 298 g/mol. The summed E-state index contributed by atoms with van der Waals surface area (Å²) >= 11 is 3.80. The van der Waals surface area contributed by atoms with Gasteiger partial charge in [0.2, 0.25) is 0 Å². The van der Waals surface area contributed by atoms with Gasteiger partial charge in [0.25, 0.3) is 0 Å². The predicted octanol–water partition coefficient (Wildman–Crippen LogP) is 0.699. The molecule has 7 aliphatic rings. The molecule has 2 bridgehead atoms. The van der Waals surface area contributed by atoms with E-state index in [9.17, 15) is 9.90 Å². The Morgan fingerprint density at radius 1 is 1.12 bits per heavy atom. The van der Waals surface area contributed by atoms with Crippen molar-refractivity contribution in [2.75, 3.05) is 13.2 Å². The first-order valence-electron chi connectivity index (χ1n) is 6.34. The van der Waals surface area contributed by atoms with Gasteiger partial charge in [-0.1, -0.05) is 15.9 Å². The number of aliphatic carboxylic acids is 1. The highest BCUT2D eigenvalue weighted by Crippen LogP contribution is 3.04. The van der Waals surface area contributed by atoms with Gasteiger partial charge in [-0.25, -0.2) is 0 Å². The normalized spacial score (nSPS) is 73.5. The smallest absolute Gasteiger partial charge is 0.311 e. The first kappa shape index (κ1) is 8.88. The quantitative estimate of drug-likeness (QED) is 0.724. The van der Waals surface area contributed by atoms with Crippen LogP contribution < -0.4 is 0 Å². The predicted molar refractivity (Wildman–Crippen MR) is 57.3 cm³/mol. The summed E-state index contributed by atoms with van der Waals surface area (Å²) < 4.78 is 11.5. The average molecular weight is 299 g/mol. The van der Waals surface area contributed by atoms with E-state index >= 15 is 0 Å². The van der Waals surface area contributed by atoms with Crippen LogP contribution in [0.5, 0.6) is 0 Å². The topological polar surface area (TPSA) is 55.8 Å². The molecular weight excluding hydrogens is 288 g/mol. The summed E-state index contributed by atoms with van der Waals surface area (Å²) in [5.74, 6) is 1.71. The van der Waals surface area contributed by atoms with E-state index in [0.717, 1.165) is 0 Å². The van der Waals surface area contributed by atoms with E-state index in [1.165, 1.54) is 0 Å².